The van der Waals surface area contributed by atoms with Crippen LogP contribution in [0.5, 0.6) is 0 Å². The number of carbonyl (C=O) groups excluding carboxylic acids is 1. The number of nitrogens with zero attached hydrogens (tertiary/aromatic N) is 1. The van der Waals surface area contributed by atoms with Gasteiger partial charge in [-0.15, -0.1) is 11.3 Å². The number of hydrogen-bond acceptors (Lipinski definition) is 4. The quantitative estimate of drug-likeness (QED) is 0.838. The van der Waals surface area contributed by atoms with E-state index in [4.69, 9.17) is 0 Å². The van der Waals surface area contributed by atoms with Gasteiger partial charge in [0, 0.05) is 24.7 Å². The Kier molecular flexibility index (Phi) is 5.79. The van der Waals surface area contributed by atoms with Crippen LogP contribution in [-0.4, -0.2) is 31.2 Å². The van der Waals surface area contributed by atoms with E-state index in [1.54, 1.807) is 17.5 Å². The summed E-state index contributed by atoms with van der Waals surface area (Å²) in [6.07, 6.45) is 2.67. The molecule has 26 heavy (non-hydrogen) atoms. The molecule has 0 radical (unpaired) electrons. The minimum atomic E-state index is -3.53. The number of nitrogens with one attached hydrogen (secondary N) is 1. The summed E-state index contributed by atoms with van der Waals surface area (Å²) in [5, 5.41) is 4.67. The Morgan fingerprint density at radius 2 is 2.04 bits per heavy atom. The van der Waals surface area contributed by atoms with Gasteiger partial charge in [-0.05, 0) is 61.4 Å². The van der Waals surface area contributed by atoms with Gasteiger partial charge >= 0.3 is 0 Å². The number of carbonyl (C=O) groups is 1. The van der Waals surface area contributed by atoms with Crippen molar-refractivity contribution in [2.75, 3.05) is 11.9 Å². The van der Waals surface area contributed by atoms with Crippen LogP contribution in [0.2, 0.25) is 0 Å². The topological polar surface area (TPSA) is 66.5 Å². The van der Waals surface area contributed by atoms with Crippen molar-refractivity contribution >= 4 is 33.0 Å². The molecule has 1 fully saturated rings. The molecule has 1 saturated heterocycles. The second-order valence-corrected chi connectivity index (χ2v) is 9.81. The van der Waals surface area contributed by atoms with E-state index in [2.05, 4.69) is 5.32 Å². The fourth-order valence-electron chi connectivity index (χ4n) is 3.27. The van der Waals surface area contributed by atoms with E-state index in [1.807, 2.05) is 32.0 Å². The average Bonchev–Trinajstić information content (AvgIpc) is 3.14. The maximum absolute atomic E-state index is 12.9. The van der Waals surface area contributed by atoms with E-state index in [0.29, 0.717) is 17.2 Å². The third kappa shape index (κ3) is 4.16. The van der Waals surface area contributed by atoms with E-state index < -0.39 is 10.0 Å². The van der Waals surface area contributed by atoms with Gasteiger partial charge in [-0.2, -0.15) is 4.31 Å². The molecule has 1 N–H and O–H groups in total. The molecule has 7 heteroatoms. The number of anilines is 1. The van der Waals surface area contributed by atoms with Crippen LogP contribution < -0.4 is 5.32 Å². The molecule has 1 aliphatic heterocycles. The molecule has 140 valence electrons. The zero-order valence-corrected chi connectivity index (χ0v) is 16.7. The summed E-state index contributed by atoms with van der Waals surface area (Å²) in [6.45, 7) is 4.50. The smallest absolute Gasteiger partial charge is 0.252 e. The van der Waals surface area contributed by atoms with Crippen LogP contribution in [-0.2, 0) is 14.8 Å². The maximum Gasteiger partial charge on any atom is 0.252 e. The van der Waals surface area contributed by atoms with E-state index in [-0.39, 0.29) is 18.4 Å². The molecule has 0 spiro atoms. The summed E-state index contributed by atoms with van der Waals surface area (Å²) in [7, 11) is -3.53. The highest BCUT2D eigenvalue weighted by molar-refractivity contribution is 7.91. The lowest BCUT2D eigenvalue weighted by Crippen LogP contribution is -2.45. The van der Waals surface area contributed by atoms with Crippen molar-refractivity contribution in [1.82, 2.24) is 4.31 Å². The van der Waals surface area contributed by atoms with Crippen molar-refractivity contribution in [2.45, 2.75) is 49.8 Å². The predicted octanol–water partition coefficient (Wildman–Crippen LogP) is 3.94. The molecule has 1 amide bonds. The van der Waals surface area contributed by atoms with Crippen LogP contribution in [0, 0.1) is 13.8 Å². The van der Waals surface area contributed by atoms with Gasteiger partial charge in [0.1, 0.15) is 4.21 Å². The lowest BCUT2D eigenvalue weighted by atomic mass is 10.0. The van der Waals surface area contributed by atoms with Gasteiger partial charge in [0.2, 0.25) is 5.91 Å². The van der Waals surface area contributed by atoms with Crippen molar-refractivity contribution in [3.05, 3.63) is 46.8 Å². The molecule has 0 saturated carbocycles. The fraction of sp³-hybridized carbons (Fsp3) is 0.421. The predicted molar refractivity (Wildman–Crippen MR) is 105 cm³/mol. The summed E-state index contributed by atoms with van der Waals surface area (Å²) in [5.74, 6) is -0.147. The first kappa shape index (κ1) is 19.1. The number of benzene rings is 1. The number of thiophene rings is 1. The molecule has 0 aliphatic carbocycles. The average molecular weight is 393 g/mol. The van der Waals surface area contributed by atoms with Crippen molar-refractivity contribution in [1.29, 1.82) is 0 Å². The van der Waals surface area contributed by atoms with Crippen molar-refractivity contribution in [3.63, 3.8) is 0 Å². The normalized spacial score (nSPS) is 18.6. The van der Waals surface area contributed by atoms with Crippen LogP contribution >= 0.6 is 11.3 Å². The zero-order chi connectivity index (χ0) is 18.7. The Balaban J connectivity index is 1.72. The molecule has 1 aliphatic rings. The largest absolute Gasteiger partial charge is 0.326 e. The highest BCUT2D eigenvalue weighted by Gasteiger charge is 2.35. The summed E-state index contributed by atoms with van der Waals surface area (Å²) in [6, 6.07) is 8.86. The molecule has 0 unspecified atom stereocenters. The molecular weight excluding hydrogens is 368 g/mol. The van der Waals surface area contributed by atoms with Gasteiger partial charge in [-0.1, -0.05) is 18.6 Å². The van der Waals surface area contributed by atoms with Gasteiger partial charge in [-0.25, -0.2) is 8.42 Å². The Bertz CT molecular complexity index is 876. The number of rotatable bonds is 5. The van der Waals surface area contributed by atoms with Crippen molar-refractivity contribution in [3.8, 4) is 0 Å². The second kappa shape index (κ2) is 7.90. The standard InChI is InChI=1S/C19H24N2O3S2/c1-14-8-9-16(12-15(14)2)20-18(22)13-17-6-3-4-10-21(17)26(23,24)19-7-5-11-25-19/h5,7-9,11-12,17H,3-4,6,10,13H2,1-2H3,(H,20,22)/t17-/m1/s1. The molecule has 1 aromatic carbocycles. The van der Waals surface area contributed by atoms with E-state index in [0.717, 1.165) is 24.1 Å². The summed E-state index contributed by atoms with van der Waals surface area (Å²) >= 11 is 1.22. The second-order valence-electron chi connectivity index (χ2n) is 6.75. The Labute approximate surface area is 159 Å². The van der Waals surface area contributed by atoms with Gasteiger partial charge in [0.25, 0.3) is 10.0 Å². The first-order valence-corrected chi connectivity index (χ1v) is 11.1. The molecule has 2 heterocycles. The molecule has 1 atom stereocenters. The molecule has 1 aromatic heterocycles. The highest BCUT2D eigenvalue weighted by atomic mass is 32.2. The Morgan fingerprint density at radius 1 is 1.23 bits per heavy atom. The van der Waals surface area contributed by atoms with Gasteiger partial charge in [0.15, 0.2) is 0 Å². The lowest BCUT2D eigenvalue weighted by Gasteiger charge is -2.34. The molecule has 5 nitrogen and oxygen atoms in total. The highest BCUT2D eigenvalue weighted by Crippen LogP contribution is 2.29. The number of piperidine rings is 1. The third-order valence-electron chi connectivity index (χ3n) is 4.84. The minimum Gasteiger partial charge on any atom is -0.326 e. The van der Waals surface area contributed by atoms with Crippen molar-refractivity contribution < 1.29 is 13.2 Å². The Hall–Kier alpha value is -1.70. The summed E-state index contributed by atoms with van der Waals surface area (Å²) in [4.78, 5) is 12.5. The Morgan fingerprint density at radius 3 is 2.73 bits per heavy atom. The summed E-state index contributed by atoms with van der Waals surface area (Å²) < 4.78 is 27.6. The van der Waals surface area contributed by atoms with E-state index in [1.165, 1.54) is 21.2 Å². The van der Waals surface area contributed by atoms with Crippen LogP contribution in [0.4, 0.5) is 5.69 Å². The van der Waals surface area contributed by atoms with Gasteiger partial charge in [-0.3, -0.25) is 4.79 Å². The van der Waals surface area contributed by atoms with Crippen LogP contribution in [0.3, 0.4) is 0 Å². The van der Waals surface area contributed by atoms with Gasteiger partial charge in [0.05, 0.1) is 0 Å². The monoisotopic (exact) mass is 392 g/mol. The lowest BCUT2D eigenvalue weighted by molar-refractivity contribution is -0.117. The minimum absolute atomic E-state index is 0.147. The van der Waals surface area contributed by atoms with E-state index in [9.17, 15) is 13.2 Å². The van der Waals surface area contributed by atoms with Gasteiger partial charge < -0.3 is 5.32 Å². The maximum atomic E-state index is 12.9. The van der Waals surface area contributed by atoms with E-state index >= 15 is 0 Å². The van der Waals surface area contributed by atoms with Crippen LogP contribution in [0.15, 0.2) is 39.9 Å². The third-order valence-corrected chi connectivity index (χ3v) is 8.17. The summed E-state index contributed by atoms with van der Waals surface area (Å²) in [5.41, 5.74) is 3.03. The number of hydrogen-bond donors (Lipinski definition) is 1. The number of sulfonamides is 1. The molecule has 0 bridgehead atoms. The molecular formula is C19H24N2O3S2. The number of amides is 1. The first-order valence-electron chi connectivity index (χ1n) is 8.80. The van der Waals surface area contributed by atoms with Crippen LogP contribution in [0.25, 0.3) is 0 Å². The zero-order valence-electron chi connectivity index (χ0n) is 15.1. The molecule has 3 rings (SSSR count). The SMILES string of the molecule is Cc1ccc(NC(=O)C[C@H]2CCCCN2S(=O)(=O)c2cccs2)cc1C. The van der Waals surface area contributed by atoms with Crippen molar-refractivity contribution in [2.24, 2.45) is 0 Å². The van der Waals surface area contributed by atoms with Crippen LogP contribution in [0.1, 0.15) is 36.8 Å². The molecule has 2 aromatic rings. The number of aryl methyl sites for hydroxylation is 2. The fourth-order valence-corrected chi connectivity index (χ4v) is 6.08. The first-order chi connectivity index (χ1) is 12.4.